The van der Waals surface area contributed by atoms with Gasteiger partial charge in [-0.1, -0.05) is 27.7 Å². The fourth-order valence-electron chi connectivity index (χ4n) is 1.30. The van der Waals surface area contributed by atoms with E-state index in [1.54, 1.807) is 0 Å². The molecule has 0 spiro atoms. The minimum atomic E-state index is -0.112. The number of likely N-dealkylation sites (N-methyl/N-ethyl adjacent to an activating group) is 1. The average Bonchev–Trinajstić information content (AvgIpc) is 2.65. The van der Waals surface area contributed by atoms with Crippen molar-refractivity contribution < 1.29 is 9.52 Å². The highest BCUT2D eigenvalue weighted by Crippen LogP contribution is 2.20. The van der Waals surface area contributed by atoms with Crippen molar-refractivity contribution in [2.24, 2.45) is 0 Å². The van der Waals surface area contributed by atoms with Crippen LogP contribution in [0.15, 0.2) is 4.42 Å². The first-order valence-electron chi connectivity index (χ1n) is 5.63. The molecule has 16 heavy (non-hydrogen) atoms. The molecule has 0 amide bonds. The van der Waals surface area contributed by atoms with Crippen molar-refractivity contribution in [2.45, 2.75) is 39.7 Å². The molecule has 0 aliphatic heterocycles. The van der Waals surface area contributed by atoms with Gasteiger partial charge in [0, 0.05) is 12.0 Å². The maximum atomic E-state index is 8.87. The van der Waals surface area contributed by atoms with Gasteiger partial charge in [-0.05, 0) is 6.54 Å². The highest BCUT2D eigenvalue weighted by atomic mass is 16.4. The largest absolute Gasteiger partial charge is 0.423 e. The summed E-state index contributed by atoms with van der Waals surface area (Å²) in [6.45, 7) is 10.4. The molecule has 0 saturated heterocycles. The molecule has 1 heterocycles. The first-order valence-corrected chi connectivity index (χ1v) is 5.63. The molecule has 0 aliphatic rings. The highest BCUT2D eigenvalue weighted by molar-refractivity contribution is 4.95. The van der Waals surface area contributed by atoms with E-state index in [2.05, 4.69) is 15.1 Å². The summed E-state index contributed by atoms with van der Waals surface area (Å²) in [4.78, 5) is 2.06. The third kappa shape index (κ3) is 3.57. The fourth-order valence-corrected chi connectivity index (χ4v) is 1.30. The molecule has 0 radical (unpaired) electrons. The molecule has 1 aromatic heterocycles. The number of aliphatic hydroxyl groups is 1. The van der Waals surface area contributed by atoms with Crippen LogP contribution in [0.4, 0.5) is 0 Å². The second-order valence-corrected chi connectivity index (χ2v) is 4.84. The lowest BCUT2D eigenvalue weighted by Crippen LogP contribution is -2.26. The lowest BCUT2D eigenvalue weighted by molar-refractivity contribution is 0.183. The molecule has 0 saturated carbocycles. The molecule has 5 nitrogen and oxygen atoms in total. The smallest absolute Gasteiger partial charge is 0.230 e. The predicted molar refractivity (Wildman–Crippen MR) is 61.0 cm³/mol. The van der Waals surface area contributed by atoms with Crippen molar-refractivity contribution in [3.8, 4) is 0 Å². The number of nitrogens with zero attached hydrogens (tertiary/aromatic N) is 3. The number of hydrogen-bond donors (Lipinski definition) is 1. The van der Waals surface area contributed by atoms with Crippen LogP contribution in [0.5, 0.6) is 0 Å². The summed E-state index contributed by atoms with van der Waals surface area (Å²) < 4.78 is 5.58. The van der Waals surface area contributed by atoms with Gasteiger partial charge < -0.3 is 9.52 Å². The lowest BCUT2D eigenvalue weighted by Gasteiger charge is -2.16. The van der Waals surface area contributed by atoms with Crippen molar-refractivity contribution in [1.82, 2.24) is 15.1 Å². The molecule has 1 aromatic rings. The summed E-state index contributed by atoms with van der Waals surface area (Å²) in [6, 6.07) is 0. The van der Waals surface area contributed by atoms with E-state index in [-0.39, 0.29) is 12.0 Å². The van der Waals surface area contributed by atoms with E-state index >= 15 is 0 Å². The van der Waals surface area contributed by atoms with Gasteiger partial charge in [-0.2, -0.15) is 0 Å². The molecule has 0 unspecified atom stereocenters. The third-order valence-electron chi connectivity index (χ3n) is 2.33. The number of rotatable bonds is 5. The van der Waals surface area contributed by atoms with E-state index in [4.69, 9.17) is 9.52 Å². The monoisotopic (exact) mass is 227 g/mol. The van der Waals surface area contributed by atoms with E-state index in [9.17, 15) is 0 Å². The number of aliphatic hydroxyl groups excluding tert-OH is 1. The van der Waals surface area contributed by atoms with Crippen LogP contribution < -0.4 is 0 Å². The van der Waals surface area contributed by atoms with Crippen molar-refractivity contribution >= 4 is 0 Å². The second-order valence-electron chi connectivity index (χ2n) is 4.84. The zero-order valence-electron chi connectivity index (χ0n) is 10.5. The van der Waals surface area contributed by atoms with Crippen LogP contribution >= 0.6 is 0 Å². The summed E-state index contributed by atoms with van der Waals surface area (Å²) in [6.07, 6.45) is 0. The molecule has 5 heteroatoms. The van der Waals surface area contributed by atoms with E-state index in [1.165, 1.54) is 0 Å². The first kappa shape index (κ1) is 13.1. The standard InChI is InChI=1S/C11H21N3O2/c1-5-14(6-7-15)8-9-12-13-10(16-9)11(2,3)4/h15H,5-8H2,1-4H3. The summed E-state index contributed by atoms with van der Waals surface area (Å²) in [5, 5.41) is 16.9. The fraction of sp³-hybridized carbons (Fsp3) is 0.818. The Labute approximate surface area is 96.5 Å². The molecule has 0 fully saturated rings. The SMILES string of the molecule is CCN(CCO)Cc1nnc(C(C)(C)C)o1. The van der Waals surface area contributed by atoms with Gasteiger partial charge in [-0.3, -0.25) is 4.90 Å². The zero-order chi connectivity index (χ0) is 12.2. The molecule has 0 aromatic carbocycles. The molecule has 1 rings (SSSR count). The van der Waals surface area contributed by atoms with Gasteiger partial charge in [0.1, 0.15) is 0 Å². The summed E-state index contributed by atoms with van der Waals surface area (Å²) in [7, 11) is 0. The number of hydrogen-bond acceptors (Lipinski definition) is 5. The van der Waals surface area contributed by atoms with Gasteiger partial charge in [0.05, 0.1) is 13.2 Å². The van der Waals surface area contributed by atoms with E-state index in [0.29, 0.717) is 24.9 Å². The summed E-state index contributed by atoms with van der Waals surface area (Å²) in [5.41, 5.74) is -0.112. The van der Waals surface area contributed by atoms with Crippen LogP contribution in [0.25, 0.3) is 0 Å². The van der Waals surface area contributed by atoms with Crippen LogP contribution in [0.3, 0.4) is 0 Å². The molecule has 0 atom stereocenters. The van der Waals surface area contributed by atoms with E-state index < -0.39 is 0 Å². The van der Waals surface area contributed by atoms with Gasteiger partial charge in [0.25, 0.3) is 0 Å². The minimum absolute atomic E-state index is 0.112. The van der Waals surface area contributed by atoms with E-state index in [0.717, 1.165) is 6.54 Å². The Balaban J connectivity index is 2.64. The molecule has 1 N–H and O–H groups in total. The van der Waals surface area contributed by atoms with Crippen LogP contribution in [-0.4, -0.2) is 39.9 Å². The normalized spacial score (nSPS) is 12.4. The predicted octanol–water partition coefficient (Wildman–Crippen LogP) is 1.18. The Bertz CT molecular complexity index is 317. The van der Waals surface area contributed by atoms with Crippen LogP contribution in [-0.2, 0) is 12.0 Å². The molecule has 92 valence electrons. The maximum Gasteiger partial charge on any atom is 0.230 e. The summed E-state index contributed by atoms with van der Waals surface area (Å²) >= 11 is 0. The summed E-state index contributed by atoms with van der Waals surface area (Å²) in [5.74, 6) is 1.27. The average molecular weight is 227 g/mol. The quantitative estimate of drug-likeness (QED) is 0.818. The molecular formula is C11H21N3O2. The molecule has 0 aliphatic carbocycles. The third-order valence-corrected chi connectivity index (χ3v) is 2.33. The zero-order valence-corrected chi connectivity index (χ0v) is 10.5. The Morgan fingerprint density at radius 3 is 2.44 bits per heavy atom. The first-order chi connectivity index (χ1) is 7.47. The Hall–Kier alpha value is -0.940. The maximum absolute atomic E-state index is 8.87. The van der Waals surface area contributed by atoms with Gasteiger partial charge in [-0.25, -0.2) is 0 Å². The topological polar surface area (TPSA) is 62.4 Å². The van der Waals surface area contributed by atoms with E-state index in [1.807, 2.05) is 27.7 Å². The Morgan fingerprint density at radius 2 is 2.00 bits per heavy atom. The Morgan fingerprint density at radius 1 is 1.31 bits per heavy atom. The van der Waals surface area contributed by atoms with Crippen molar-refractivity contribution in [2.75, 3.05) is 19.7 Å². The lowest BCUT2D eigenvalue weighted by atomic mass is 9.97. The van der Waals surface area contributed by atoms with Gasteiger partial charge in [0.2, 0.25) is 11.8 Å². The molecular weight excluding hydrogens is 206 g/mol. The Kier molecular flexibility index (Phi) is 4.44. The van der Waals surface area contributed by atoms with Crippen LogP contribution in [0.1, 0.15) is 39.5 Å². The highest BCUT2D eigenvalue weighted by Gasteiger charge is 2.21. The van der Waals surface area contributed by atoms with Crippen LogP contribution in [0, 0.1) is 0 Å². The second kappa shape index (κ2) is 5.41. The number of aromatic nitrogens is 2. The van der Waals surface area contributed by atoms with Gasteiger partial charge in [0.15, 0.2) is 0 Å². The van der Waals surface area contributed by atoms with Gasteiger partial charge in [-0.15, -0.1) is 10.2 Å². The molecule has 0 bridgehead atoms. The van der Waals surface area contributed by atoms with Crippen molar-refractivity contribution in [3.63, 3.8) is 0 Å². The minimum Gasteiger partial charge on any atom is -0.423 e. The van der Waals surface area contributed by atoms with Gasteiger partial charge >= 0.3 is 0 Å². The van der Waals surface area contributed by atoms with Crippen molar-refractivity contribution in [1.29, 1.82) is 0 Å². The van der Waals surface area contributed by atoms with Crippen LogP contribution in [0.2, 0.25) is 0 Å². The van der Waals surface area contributed by atoms with Crippen molar-refractivity contribution in [3.05, 3.63) is 11.8 Å².